The maximum absolute atomic E-state index is 13.3. The first kappa shape index (κ1) is 24.2. The molecule has 2 heterocycles. The molecule has 0 bridgehead atoms. The number of carbonyl (C=O) groups is 2. The summed E-state index contributed by atoms with van der Waals surface area (Å²) in [5, 5.41) is 20.2. The van der Waals surface area contributed by atoms with Crippen LogP contribution in [0.4, 0.5) is 5.13 Å². The predicted octanol–water partition coefficient (Wildman–Crippen LogP) is 4.74. The highest BCUT2D eigenvalue weighted by Gasteiger charge is 2.48. The van der Waals surface area contributed by atoms with E-state index in [1.54, 1.807) is 43.3 Å². The summed E-state index contributed by atoms with van der Waals surface area (Å²) >= 11 is 1.19. The van der Waals surface area contributed by atoms with E-state index >= 15 is 0 Å². The molecule has 1 N–H and O–H groups in total. The largest absolute Gasteiger partial charge is 0.507 e. The van der Waals surface area contributed by atoms with Crippen LogP contribution in [0.1, 0.15) is 34.7 Å². The quantitative estimate of drug-likeness (QED) is 0.210. The van der Waals surface area contributed by atoms with Crippen LogP contribution >= 0.6 is 11.3 Å². The van der Waals surface area contributed by atoms with E-state index in [1.165, 1.54) is 16.2 Å². The molecular formula is C26H25N3O5S. The second-order valence-corrected chi connectivity index (χ2v) is 9.04. The van der Waals surface area contributed by atoms with Gasteiger partial charge in [-0.15, -0.1) is 10.2 Å². The molecule has 9 heteroatoms. The molecule has 8 nitrogen and oxygen atoms in total. The van der Waals surface area contributed by atoms with Crippen LogP contribution in [0.5, 0.6) is 11.5 Å². The van der Waals surface area contributed by atoms with E-state index in [0.717, 1.165) is 5.56 Å². The number of rotatable bonds is 8. The highest BCUT2D eigenvalue weighted by atomic mass is 32.1. The van der Waals surface area contributed by atoms with Crippen molar-refractivity contribution in [2.45, 2.75) is 26.8 Å². The summed E-state index contributed by atoms with van der Waals surface area (Å²) in [7, 11) is 0. The van der Waals surface area contributed by atoms with Crippen molar-refractivity contribution in [3.05, 3.63) is 82.4 Å². The molecule has 1 unspecified atom stereocenters. The number of Topliss-reactive ketones (excluding diaryl/α,β-unsaturated/α-hetero) is 1. The topological polar surface area (TPSA) is 102 Å². The third kappa shape index (κ3) is 4.67. The van der Waals surface area contributed by atoms with Gasteiger partial charge in [0.15, 0.2) is 11.5 Å². The van der Waals surface area contributed by atoms with Gasteiger partial charge in [-0.1, -0.05) is 59.9 Å². The van der Waals surface area contributed by atoms with Gasteiger partial charge in [-0.3, -0.25) is 14.5 Å². The van der Waals surface area contributed by atoms with Gasteiger partial charge in [-0.05, 0) is 38.5 Å². The second-order valence-electron chi connectivity index (χ2n) is 7.88. The number of aliphatic hydroxyl groups is 1. The zero-order valence-corrected chi connectivity index (χ0v) is 20.5. The van der Waals surface area contributed by atoms with Crippen molar-refractivity contribution in [1.82, 2.24) is 10.2 Å². The zero-order chi connectivity index (χ0) is 25.1. The fraction of sp³-hybridized carbons (Fsp3) is 0.231. The second kappa shape index (κ2) is 10.1. The minimum Gasteiger partial charge on any atom is -0.507 e. The number of hydrogen-bond donors (Lipinski definition) is 1. The van der Waals surface area contributed by atoms with Gasteiger partial charge in [0.1, 0.15) is 17.4 Å². The van der Waals surface area contributed by atoms with Gasteiger partial charge < -0.3 is 14.6 Å². The van der Waals surface area contributed by atoms with Crippen LogP contribution < -0.4 is 14.4 Å². The molecule has 0 aliphatic carbocycles. The Kier molecular flexibility index (Phi) is 6.97. The van der Waals surface area contributed by atoms with Crippen molar-refractivity contribution in [3.63, 3.8) is 0 Å². The highest BCUT2D eigenvalue weighted by molar-refractivity contribution is 7.15. The smallest absolute Gasteiger partial charge is 0.301 e. The highest BCUT2D eigenvalue weighted by Crippen LogP contribution is 2.44. The Hall–Kier alpha value is -3.98. The number of hydrogen-bond acceptors (Lipinski definition) is 8. The van der Waals surface area contributed by atoms with Gasteiger partial charge in [0.05, 0.1) is 18.2 Å². The molecule has 4 rings (SSSR count). The lowest BCUT2D eigenvalue weighted by molar-refractivity contribution is -0.132. The molecule has 1 aliphatic rings. The number of ether oxygens (including phenoxy) is 2. The maximum atomic E-state index is 13.3. The third-order valence-corrected chi connectivity index (χ3v) is 6.27. The zero-order valence-electron chi connectivity index (χ0n) is 19.6. The van der Waals surface area contributed by atoms with Crippen LogP contribution in [0.2, 0.25) is 0 Å². The first-order chi connectivity index (χ1) is 16.8. The van der Waals surface area contributed by atoms with Crippen molar-refractivity contribution >= 4 is 33.9 Å². The molecule has 0 saturated carbocycles. The van der Waals surface area contributed by atoms with Crippen LogP contribution in [0, 0.1) is 13.8 Å². The van der Waals surface area contributed by atoms with Crippen LogP contribution in [0.15, 0.2) is 60.7 Å². The van der Waals surface area contributed by atoms with Gasteiger partial charge in [0, 0.05) is 5.56 Å². The normalized spacial score (nSPS) is 17.0. The Morgan fingerprint density at radius 1 is 1.11 bits per heavy atom. The Labute approximate surface area is 207 Å². The van der Waals surface area contributed by atoms with Crippen LogP contribution in [-0.2, 0) is 9.59 Å². The molecule has 1 atom stereocenters. The minimum absolute atomic E-state index is 0.0334. The number of aromatic nitrogens is 2. The lowest BCUT2D eigenvalue weighted by Gasteiger charge is -2.23. The SMILES string of the molecule is C=CCOc1ccc(C2/C(=C(\O)c3ccc(C)cc3)C(=O)C(=O)N2c2nnc(C)s2)cc1OCC. The first-order valence-electron chi connectivity index (χ1n) is 11.0. The summed E-state index contributed by atoms with van der Waals surface area (Å²) < 4.78 is 11.5. The molecule has 1 fully saturated rings. The van der Waals surface area contributed by atoms with Gasteiger partial charge in [-0.25, -0.2) is 0 Å². The molecule has 1 amide bonds. The Bertz CT molecular complexity index is 1310. The molecular weight excluding hydrogens is 466 g/mol. The van der Waals surface area contributed by atoms with Crippen molar-refractivity contribution in [1.29, 1.82) is 0 Å². The van der Waals surface area contributed by atoms with Crippen molar-refractivity contribution in [2.24, 2.45) is 0 Å². The average Bonchev–Trinajstić information content (AvgIpc) is 3.39. The van der Waals surface area contributed by atoms with Crippen LogP contribution in [0.3, 0.4) is 0 Å². The number of ketones is 1. The van der Waals surface area contributed by atoms with E-state index < -0.39 is 17.7 Å². The summed E-state index contributed by atoms with van der Waals surface area (Å²) in [6.45, 7) is 9.86. The van der Waals surface area contributed by atoms with E-state index in [4.69, 9.17) is 9.47 Å². The summed E-state index contributed by atoms with van der Waals surface area (Å²) in [6.07, 6.45) is 1.62. The molecule has 3 aromatic rings. The van der Waals surface area contributed by atoms with Crippen molar-refractivity contribution < 1.29 is 24.2 Å². The fourth-order valence-corrected chi connectivity index (χ4v) is 4.54. The van der Waals surface area contributed by atoms with E-state index in [0.29, 0.717) is 34.2 Å². The number of aryl methyl sites for hydroxylation is 2. The number of benzene rings is 2. The summed E-state index contributed by atoms with van der Waals surface area (Å²) in [6, 6.07) is 11.3. The molecule has 1 saturated heterocycles. The number of anilines is 1. The van der Waals surface area contributed by atoms with Crippen LogP contribution in [-0.4, -0.2) is 40.2 Å². The van der Waals surface area contributed by atoms with Crippen molar-refractivity contribution in [3.8, 4) is 11.5 Å². The molecule has 35 heavy (non-hydrogen) atoms. The van der Waals surface area contributed by atoms with Crippen molar-refractivity contribution in [2.75, 3.05) is 18.1 Å². The van der Waals surface area contributed by atoms with Gasteiger partial charge >= 0.3 is 5.91 Å². The number of aliphatic hydroxyl groups excluding tert-OH is 1. The molecule has 0 spiro atoms. The maximum Gasteiger partial charge on any atom is 0.301 e. The monoisotopic (exact) mass is 491 g/mol. The minimum atomic E-state index is -0.934. The van der Waals surface area contributed by atoms with E-state index in [9.17, 15) is 14.7 Å². The Balaban J connectivity index is 1.92. The number of amides is 1. The average molecular weight is 492 g/mol. The Morgan fingerprint density at radius 3 is 2.49 bits per heavy atom. The fourth-order valence-electron chi connectivity index (χ4n) is 3.83. The molecule has 2 aromatic carbocycles. The Morgan fingerprint density at radius 2 is 1.86 bits per heavy atom. The van der Waals surface area contributed by atoms with E-state index in [2.05, 4.69) is 16.8 Å². The lowest BCUT2D eigenvalue weighted by Crippen LogP contribution is -2.29. The standard InChI is InChI=1S/C26H25N3O5S/c1-5-13-34-19-12-11-18(14-20(19)33-6-2)22-21(23(30)17-9-7-15(3)8-10-17)24(31)25(32)29(22)26-28-27-16(4)35-26/h5,7-12,14,22,30H,1,6,13H2,2-4H3/b23-21+. The van der Waals surface area contributed by atoms with E-state index in [-0.39, 0.29) is 23.1 Å². The summed E-state index contributed by atoms with van der Waals surface area (Å²) in [4.78, 5) is 27.8. The van der Waals surface area contributed by atoms with Gasteiger partial charge in [-0.2, -0.15) is 0 Å². The van der Waals surface area contributed by atoms with Gasteiger partial charge in [0.2, 0.25) is 5.13 Å². The number of carbonyl (C=O) groups excluding carboxylic acids is 2. The van der Waals surface area contributed by atoms with E-state index in [1.807, 2.05) is 26.0 Å². The first-order valence-corrected chi connectivity index (χ1v) is 11.9. The van der Waals surface area contributed by atoms with Gasteiger partial charge in [0.25, 0.3) is 5.78 Å². The summed E-state index contributed by atoms with van der Waals surface area (Å²) in [5.41, 5.74) is 1.96. The third-order valence-electron chi connectivity index (χ3n) is 5.43. The molecule has 1 aliphatic heterocycles. The predicted molar refractivity (Wildman–Crippen MR) is 134 cm³/mol. The molecule has 0 radical (unpaired) electrons. The molecule has 1 aromatic heterocycles. The number of nitrogens with zero attached hydrogens (tertiary/aromatic N) is 3. The van der Waals surface area contributed by atoms with Crippen LogP contribution in [0.25, 0.3) is 5.76 Å². The lowest BCUT2D eigenvalue weighted by atomic mass is 9.95. The summed E-state index contributed by atoms with van der Waals surface area (Å²) in [5.74, 6) is -0.906. The molecule has 180 valence electrons.